The maximum absolute atomic E-state index is 5.98. The zero-order valence-electron chi connectivity index (χ0n) is 10.7. The number of hydrogen-bond donors (Lipinski definition) is 1. The first-order valence-corrected chi connectivity index (χ1v) is 6.51. The minimum absolute atomic E-state index is 0.349. The Hall–Kier alpha value is -2.34. The summed E-state index contributed by atoms with van der Waals surface area (Å²) >= 11 is 5.98. The van der Waals surface area contributed by atoms with E-state index in [4.69, 9.17) is 16.3 Å². The second-order valence-electron chi connectivity index (χ2n) is 3.99. The molecule has 0 unspecified atom stereocenters. The molecule has 0 aliphatic heterocycles. The second kappa shape index (κ2) is 5.34. The first-order valence-electron chi connectivity index (χ1n) is 6.13. The maximum Gasteiger partial charge on any atom is 0.255 e. The van der Waals surface area contributed by atoms with Gasteiger partial charge in [0.25, 0.3) is 5.78 Å². The molecule has 6 nitrogen and oxygen atoms in total. The van der Waals surface area contributed by atoms with Crippen LogP contribution in [0.5, 0.6) is 5.75 Å². The highest BCUT2D eigenvalue weighted by atomic mass is 35.5. The predicted molar refractivity (Wildman–Crippen MR) is 76.7 cm³/mol. The van der Waals surface area contributed by atoms with Crippen LogP contribution in [0, 0.1) is 0 Å². The summed E-state index contributed by atoms with van der Waals surface area (Å²) in [5.74, 6) is 1.87. The highest BCUT2D eigenvalue weighted by Crippen LogP contribution is 2.28. The van der Waals surface area contributed by atoms with Gasteiger partial charge in [0.15, 0.2) is 0 Å². The molecule has 102 valence electrons. The molecule has 0 radical (unpaired) electrons. The number of benzene rings is 1. The molecule has 3 aromatic rings. The minimum atomic E-state index is 0.349. The average Bonchev–Trinajstić information content (AvgIpc) is 2.89. The van der Waals surface area contributed by atoms with Gasteiger partial charge in [-0.05, 0) is 19.1 Å². The van der Waals surface area contributed by atoms with E-state index in [2.05, 4.69) is 20.4 Å². The number of fused-ring (bicyclic) bond motifs is 1. The van der Waals surface area contributed by atoms with E-state index in [-0.39, 0.29) is 0 Å². The number of nitrogens with one attached hydrogen (secondary N) is 1. The summed E-state index contributed by atoms with van der Waals surface area (Å²) in [5.41, 5.74) is 0.827. The predicted octanol–water partition coefficient (Wildman–Crippen LogP) is 2.92. The lowest BCUT2D eigenvalue weighted by molar-refractivity contribution is 0.342. The number of nitrogens with zero attached hydrogens (tertiary/aromatic N) is 4. The fourth-order valence-corrected chi connectivity index (χ4v) is 2.04. The number of anilines is 2. The molecule has 0 aliphatic rings. The van der Waals surface area contributed by atoms with Crippen LogP contribution in [0.25, 0.3) is 5.78 Å². The summed E-state index contributed by atoms with van der Waals surface area (Å²) in [6.45, 7) is 2.53. The van der Waals surface area contributed by atoms with Crippen molar-refractivity contribution in [1.29, 1.82) is 0 Å². The number of aromatic nitrogens is 4. The molecule has 7 heteroatoms. The van der Waals surface area contributed by atoms with E-state index in [0.717, 1.165) is 11.4 Å². The lowest BCUT2D eigenvalue weighted by atomic mass is 10.3. The van der Waals surface area contributed by atoms with Crippen molar-refractivity contribution in [3.05, 3.63) is 41.8 Å². The quantitative estimate of drug-likeness (QED) is 0.748. The van der Waals surface area contributed by atoms with Crippen molar-refractivity contribution in [1.82, 2.24) is 19.6 Å². The monoisotopic (exact) mass is 289 g/mol. The molecule has 1 aromatic carbocycles. The molecule has 0 atom stereocenters. The molecular formula is C13H12ClN5O. The van der Waals surface area contributed by atoms with Gasteiger partial charge in [0.05, 0.1) is 12.3 Å². The largest absolute Gasteiger partial charge is 0.492 e. The molecule has 0 bridgehead atoms. The van der Waals surface area contributed by atoms with Crippen LogP contribution in [0.3, 0.4) is 0 Å². The van der Waals surface area contributed by atoms with E-state index in [1.807, 2.05) is 31.2 Å². The number of rotatable bonds is 4. The van der Waals surface area contributed by atoms with Crippen LogP contribution in [0.4, 0.5) is 11.5 Å². The van der Waals surface area contributed by atoms with Gasteiger partial charge in [-0.25, -0.2) is 0 Å². The SMILES string of the molecule is CCOc1ccccc1Nc1cc(Cl)nc2ncnn12. The number of halogens is 1. The van der Waals surface area contributed by atoms with Gasteiger partial charge in [0.2, 0.25) is 0 Å². The van der Waals surface area contributed by atoms with Gasteiger partial charge in [-0.15, -0.1) is 0 Å². The van der Waals surface area contributed by atoms with E-state index >= 15 is 0 Å². The Morgan fingerprint density at radius 2 is 2.20 bits per heavy atom. The summed E-state index contributed by atoms with van der Waals surface area (Å²) < 4.78 is 7.15. The maximum atomic E-state index is 5.98. The fraction of sp³-hybridized carbons (Fsp3) is 0.154. The van der Waals surface area contributed by atoms with E-state index in [1.54, 1.807) is 10.6 Å². The smallest absolute Gasteiger partial charge is 0.255 e. The Morgan fingerprint density at radius 1 is 1.35 bits per heavy atom. The molecule has 2 aromatic heterocycles. The normalized spacial score (nSPS) is 10.7. The summed E-state index contributed by atoms with van der Waals surface area (Å²) in [5, 5.41) is 7.70. The van der Waals surface area contributed by atoms with E-state index < -0.39 is 0 Å². The van der Waals surface area contributed by atoms with E-state index in [1.165, 1.54) is 6.33 Å². The second-order valence-corrected chi connectivity index (χ2v) is 4.38. The Labute approximate surface area is 120 Å². The van der Waals surface area contributed by atoms with Gasteiger partial charge in [0.1, 0.15) is 23.0 Å². The third-order valence-electron chi connectivity index (χ3n) is 2.67. The minimum Gasteiger partial charge on any atom is -0.492 e. The fourth-order valence-electron chi connectivity index (χ4n) is 1.86. The topological polar surface area (TPSA) is 64.3 Å². The molecule has 0 aliphatic carbocycles. The number of hydrogen-bond acceptors (Lipinski definition) is 5. The lowest BCUT2D eigenvalue weighted by Crippen LogP contribution is -2.03. The Morgan fingerprint density at radius 3 is 3.05 bits per heavy atom. The third-order valence-corrected chi connectivity index (χ3v) is 2.86. The summed E-state index contributed by atoms with van der Waals surface area (Å²) in [7, 11) is 0. The highest BCUT2D eigenvalue weighted by molar-refractivity contribution is 6.29. The van der Waals surface area contributed by atoms with Crippen molar-refractivity contribution in [2.24, 2.45) is 0 Å². The standard InChI is InChI=1S/C13H12ClN5O/c1-2-20-10-6-4-3-5-9(10)17-12-7-11(14)18-13-15-8-16-19(12)13/h3-8,17H,2H2,1H3. The van der Waals surface area contributed by atoms with E-state index in [9.17, 15) is 0 Å². The van der Waals surface area contributed by atoms with Crippen LogP contribution < -0.4 is 10.1 Å². The Balaban J connectivity index is 2.03. The third kappa shape index (κ3) is 2.37. The molecule has 0 amide bonds. The van der Waals surface area contributed by atoms with Gasteiger partial charge < -0.3 is 10.1 Å². The van der Waals surface area contributed by atoms with Crippen LogP contribution in [0.1, 0.15) is 6.92 Å². The highest BCUT2D eigenvalue weighted by Gasteiger charge is 2.09. The molecule has 0 spiro atoms. The van der Waals surface area contributed by atoms with Gasteiger partial charge in [-0.3, -0.25) is 0 Å². The van der Waals surface area contributed by atoms with Crippen LogP contribution in [-0.2, 0) is 0 Å². The summed E-state index contributed by atoms with van der Waals surface area (Å²) in [6.07, 6.45) is 1.43. The average molecular weight is 290 g/mol. The molecular weight excluding hydrogens is 278 g/mol. The molecule has 0 fully saturated rings. The van der Waals surface area contributed by atoms with Crippen molar-refractivity contribution in [3.63, 3.8) is 0 Å². The van der Waals surface area contributed by atoms with Crippen molar-refractivity contribution in [2.75, 3.05) is 11.9 Å². The number of ether oxygens (including phenoxy) is 1. The molecule has 1 N–H and O–H groups in total. The van der Waals surface area contributed by atoms with Gasteiger partial charge >= 0.3 is 0 Å². The van der Waals surface area contributed by atoms with E-state index in [0.29, 0.717) is 23.4 Å². The Bertz CT molecular complexity index is 742. The van der Waals surface area contributed by atoms with Crippen molar-refractivity contribution in [2.45, 2.75) is 6.92 Å². The lowest BCUT2D eigenvalue weighted by Gasteiger charge is -2.12. The van der Waals surface area contributed by atoms with Crippen molar-refractivity contribution in [3.8, 4) is 5.75 Å². The number of para-hydroxylation sites is 2. The first kappa shape index (κ1) is 12.7. The van der Waals surface area contributed by atoms with Crippen LogP contribution in [0.15, 0.2) is 36.7 Å². The van der Waals surface area contributed by atoms with Crippen LogP contribution >= 0.6 is 11.6 Å². The zero-order valence-corrected chi connectivity index (χ0v) is 11.5. The zero-order chi connectivity index (χ0) is 13.9. The summed E-state index contributed by atoms with van der Waals surface area (Å²) in [6, 6.07) is 9.34. The van der Waals surface area contributed by atoms with Crippen molar-refractivity contribution >= 4 is 28.9 Å². The Kier molecular flexibility index (Phi) is 3.39. The van der Waals surface area contributed by atoms with Gasteiger partial charge in [-0.2, -0.15) is 19.6 Å². The van der Waals surface area contributed by atoms with Crippen LogP contribution in [-0.4, -0.2) is 26.2 Å². The van der Waals surface area contributed by atoms with Gasteiger partial charge in [0, 0.05) is 6.07 Å². The molecule has 20 heavy (non-hydrogen) atoms. The molecule has 3 rings (SSSR count). The van der Waals surface area contributed by atoms with Crippen LogP contribution in [0.2, 0.25) is 5.15 Å². The first-order chi connectivity index (χ1) is 9.78. The van der Waals surface area contributed by atoms with Gasteiger partial charge in [-0.1, -0.05) is 23.7 Å². The molecule has 0 saturated carbocycles. The molecule has 0 saturated heterocycles. The molecule has 2 heterocycles. The van der Waals surface area contributed by atoms with Crippen molar-refractivity contribution < 1.29 is 4.74 Å². The summed E-state index contributed by atoms with van der Waals surface area (Å²) in [4.78, 5) is 8.11.